The Labute approximate surface area is 196 Å². The van der Waals surface area contributed by atoms with E-state index in [1.54, 1.807) is 20.2 Å². The van der Waals surface area contributed by atoms with E-state index in [0.29, 0.717) is 5.56 Å². The van der Waals surface area contributed by atoms with Gasteiger partial charge in [-0.1, -0.05) is 12.6 Å². The minimum absolute atomic E-state index is 0.0435. The molecule has 6 nitrogen and oxygen atoms in total. The number of likely N-dealkylation sites (tertiary alicyclic amines) is 1. The van der Waals surface area contributed by atoms with E-state index < -0.39 is 13.0 Å². The van der Waals surface area contributed by atoms with Crippen LogP contribution in [-0.4, -0.2) is 45.1 Å². The van der Waals surface area contributed by atoms with E-state index >= 15 is 0 Å². The molecule has 1 fully saturated rings. The molecule has 2 aromatic heterocycles. The second kappa shape index (κ2) is 9.29. The molecule has 0 N–H and O–H groups in total. The first-order valence-corrected chi connectivity index (χ1v) is 11.3. The molecule has 0 aliphatic carbocycles. The molecular formula is C25H29F3N4O2. The van der Waals surface area contributed by atoms with E-state index in [9.17, 15) is 18.0 Å². The Kier molecular flexibility index (Phi) is 6.58. The van der Waals surface area contributed by atoms with Crippen LogP contribution in [0.5, 0.6) is 0 Å². The highest BCUT2D eigenvalue weighted by atomic mass is 19.4. The summed E-state index contributed by atoms with van der Waals surface area (Å²) in [5.41, 5.74) is 4.79. The molecule has 0 atom stereocenters. The predicted octanol–water partition coefficient (Wildman–Crippen LogP) is 4.96. The molecule has 1 aliphatic rings. The molecule has 1 saturated heterocycles. The van der Waals surface area contributed by atoms with Crippen LogP contribution in [0.25, 0.3) is 22.2 Å². The summed E-state index contributed by atoms with van der Waals surface area (Å²) in [6, 6.07) is 7.57. The van der Waals surface area contributed by atoms with E-state index in [2.05, 4.69) is 16.2 Å². The molecule has 0 unspecified atom stereocenters. The monoisotopic (exact) mass is 474 g/mol. The largest absolute Gasteiger partial charge is 0.522 e. The fourth-order valence-electron chi connectivity index (χ4n) is 4.68. The number of halogens is 3. The van der Waals surface area contributed by atoms with Crippen LogP contribution in [0.4, 0.5) is 13.2 Å². The van der Waals surface area contributed by atoms with Gasteiger partial charge >= 0.3 is 6.36 Å². The fourth-order valence-corrected chi connectivity index (χ4v) is 4.68. The molecule has 0 radical (unpaired) electrons. The van der Waals surface area contributed by atoms with E-state index in [4.69, 9.17) is 4.98 Å². The van der Waals surface area contributed by atoms with Crippen LogP contribution < -0.4 is 5.56 Å². The standard InChI is InChI=1S/C25H29F3N4O2/c1-16(2)31-9-7-18(8-10-31)23-29-21-6-5-19(20-13-17(3)24(33)30(4)15-20)14-22(21)32(23)11-12-34-25(26,27)28/h5-6,13-15,18H,1,7-12H2,2-4H3. The van der Waals surface area contributed by atoms with Gasteiger partial charge in [-0.15, -0.1) is 13.2 Å². The smallest absolute Gasteiger partial charge is 0.375 e. The summed E-state index contributed by atoms with van der Waals surface area (Å²) in [5, 5.41) is 0. The first kappa shape index (κ1) is 24.1. The van der Waals surface area contributed by atoms with Crippen molar-refractivity contribution >= 4 is 11.0 Å². The third-order valence-electron chi connectivity index (χ3n) is 6.45. The van der Waals surface area contributed by atoms with Crippen LogP contribution >= 0.6 is 0 Å². The highest BCUT2D eigenvalue weighted by Gasteiger charge is 2.30. The Bertz CT molecular complexity index is 1240. The maximum absolute atomic E-state index is 12.7. The van der Waals surface area contributed by atoms with Crippen molar-refractivity contribution in [2.45, 2.75) is 45.5 Å². The third kappa shape index (κ3) is 5.04. The average Bonchev–Trinajstić information content (AvgIpc) is 3.14. The number of alkyl halides is 3. The molecule has 3 aromatic rings. The molecule has 1 aliphatic heterocycles. The van der Waals surface area contributed by atoms with Gasteiger partial charge in [0.25, 0.3) is 5.56 Å². The highest BCUT2D eigenvalue weighted by Crippen LogP contribution is 2.33. The Hall–Kier alpha value is -3.07. The van der Waals surface area contributed by atoms with Gasteiger partial charge in [0, 0.05) is 50.1 Å². The van der Waals surface area contributed by atoms with Gasteiger partial charge in [-0.25, -0.2) is 4.98 Å². The van der Waals surface area contributed by atoms with E-state index in [-0.39, 0.29) is 18.0 Å². The highest BCUT2D eigenvalue weighted by molar-refractivity contribution is 5.82. The second-order valence-corrected chi connectivity index (χ2v) is 8.94. The van der Waals surface area contributed by atoms with E-state index in [1.807, 2.05) is 35.8 Å². The summed E-state index contributed by atoms with van der Waals surface area (Å²) < 4.78 is 45.5. The molecule has 0 amide bonds. The van der Waals surface area contributed by atoms with Crippen LogP contribution in [0.2, 0.25) is 0 Å². The zero-order valence-electron chi connectivity index (χ0n) is 19.7. The van der Waals surface area contributed by atoms with Crippen LogP contribution in [0.15, 0.2) is 47.5 Å². The van der Waals surface area contributed by atoms with Gasteiger partial charge < -0.3 is 14.0 Å². The summed E-state index contributed by atoms with van der Waals surface area (Å²) in [6.07, 6.45) is -1.22. The summed E-state index contributed by atoms with van der Waals surface area (Å²) >= 11 is 0. The number of aromatic nitrogens is 3. The minimum atomic E-state index is -4.68. The number of rotatable bonds is 6. The van der Waals surface area contributed by atoms with Crippen LogP contribution in [0.1, 0.15) is 37.1 Å². The first-order chi connectivity index (χ1) is 16.0. The number of nitrogens with zero attached hydrogens (tertiary/aromatic N) is 4. The van der Waals surface area contributed by atoms with Crippen molar-refractivity contribution < 1.29 is 17.9 Å². The number of benzene rings is 1. The number of hydrogen-bond donors (Lipinski definition) is 0. The van der Waals surface area contributed by atoms with Gasteiger partial charge in [-0.05, 0) is 56.0 Å². The lowest BCUT2D eigenvalue weighted by atomic mass is 9.95. The van der Waals surface area contributed by atoms with Gasteiger partial charge in [0.1, 0.15) is 5.82 Å². The zero-order valence-corrected chi connectivity index (χ0v) is 19.7. The van der Waals surface area contributed by atoms with Gasteiger partial charge in [0.15, 0.2) is 0 Å². The molecule has 9 heteroatoms. The molecule has 34 heavy (non-hydrogen) atoms. The van der Waals surface area contributed by atoms with Crippen LogP contribution in [-0.2, 0) is 18.3 Å². The Morgan fingerprint density at radius 1 is 1.21 bits per heavy atom. The van der Waals surface area contributed by atoms with Crippen molar-refractivity contribution in [1.82, 2.24) is 19.0 Å². The van der Waals surface area contributed by atoms with Crippen molar-refractivity contribution in [1.29, 1.82) is 0 Å². The lowest BCUT2D eigenvalue weighted by Gasteiger charge is -2.33. The van der Waals surface area contributed by atoms with Gasteiger partial charge in [0.2, 0.25) is 0 Å². The lowest BCUT2D eigenvalue weighted by molar-refractivity contribution is -0.325. The predicted molar refractivity (Wildman–Crippen MR) is 126 cm³/mol. The Morgan fingerprint density at radius 2 is 1.91 bits per heavy atom. The summed E-state index contributed by atoms with van der Waals surface area (Å²) in [7, 11) is 1.70. The Morgan fingerprint density at radius 3 is 2.53 bits per heavy atom. The number of ether oxygens (including phenoxy) is 1. The second-order valence-electron chi connectivity index (χ2n) is 8.94. The van der Waals surface area contributed by atoms with Crippen LogP contribution in [0.3, 0.4) is 0 Å². The van der Waals surface area contributed by atoms with Crippen molar-refractivity contribution in [3.05, 3.63) is 64.5 Å². The SMILES string of the molecule is C=C(C)N1CCC(c2nc3ccc(-c4cc(C)c(=O)n(C)c4)cc3n2CCOC(F)(F)F)CC1. The summed E-state index contributed by atoms with van der Waals surface area (Å²) in [4.78, 5) is 19.1. The fraction of sp³-hybridized carbons (Fsp3) is 0.440. The number of allylic oxidation sites excluding steroid dienone is 1. The normalized spacial score (nSPS) is 15.3. The number of fused-ring (bicyclic) bond motifs is 1. The molecule has 4 rings (SSSR count). The lowest BCUT2D eigenvalue weighted by Crippen LogP contribution is -2.32. The molecular weight excluding hydrogens is 445 g/mol. The van der Waals surface area contributed by atoms with E-state index in [0.717, 1.165) is 59.6 Å². The van der Waals surface area contributed by atoms with Crippen molar-refractivity contribution in [3.8, 4) is 11.1 Å². The minimum Gasteiger partial charge on any atom is -0.375 e. The molecule has 3 heterocycles. The Balaban J connectivity index is 1.73. The number of hydrogen-bond acceptors (Lipinski definition) is 4. The van der Waals surface area contributed by atoms with Gasteiger partial charge in [-0.2, -0.15) is 0 Å². The molecule has 0 saturated carbocycles. The van der Waals surface area contributed by atoms with Crippen molar-refractivity contribution in [2.75, 3.05) is 19.7 Å². The summed E-state index contributed by atoms with van der Waals surface area (Å²) in [5.74, 6) is 0.924. The third-order valence-corrected chi connectivity index (χ3v) is 6.45. The number of imidazole rings is 1. The quantitative estimate of drug-likeness (QED) is 0.507. The zero-order chi connectivity index (χ0) is 24.6. The molecule has 0 spiro atoms. The number of piperidine rings is 1. The molecule has 0 bridgehead atoms. The van der Waals surface area contributed by atoms with Gasteiger partial charge in [0.05, 0.1) is 17.6 Å². The average molecular weight is 475 g/mol. The van der Waals surface area contributed by atoms with Gasteiger partial charge in [-0.3, -0.25) is 9.53 Å². The topological polar surface area (TPSA) is 52.3 Å². The number of pyridine rings is 1. The number of aryl methyl sites for hydroxylation is 2. The van der Waals surface area contributed by atoms with Crippen molar-refractivity contribution in [2.24, 2.45) is 7.05 Å². The molecule has 182 valence electrons. The van der Waals surface area contributed by atoms with E-state index in [1.165, 1.54) is 4.57 Å². The summed E-state index contributed by atoms with van der Waals surface area (Å²) in [6.45, 7) is 8.98. The maximum Gasteiger partial charge on any atom is 0.522 e. The molecule has 1 aromatic carbocycles. The van der Waals surface area contributed by atoms with Crippen LogP contribution in [0, 0.1) is 6.92 Å². The first-order valence-electron chi connectivity index (χ1n) is 11.3. The maximum atomic E-state index is 12.7. The van der Waals surface area contributed by atoms with Crippen molar-refractivity contribution in [3.63, 3.8) is 0 Å².